The summed E-state index contributed by atoms with van der Waals surface area (Å²) in [5, 5.41) is 9.46. The van der Waals surface area contributed by atoms with Gasteiger partial charge in [0.2, 0.25) is 0 Å². The molecule has 0 spiro atoms. The first-order chi connectivity index (χ1) is 8.49. The van der Waals surface area contributed by atoms with E-state index in [-0.39, 0.29) is 5.82 Å². The number of anilines is 1. The molecular formula is C15H22FNO. The molecule has 0 aromatic heterocycles. The Kier molecular flexibility index (Phi) is 3.91. The van der Waals surface area contributed by atoms with Crippen molar-refractivity contribution in [1.29, 1.82) is 0 Å². The van der Waals surface area contributed by atoms with Crippen LogP contribution in [0.15, 0.2) is 18.2 Å². The molecule has 0 saturated heterocycles. The van der Waals surface area contributed by atoms with Crippen molar-refractivity contribution >= 4 is 5.69 Å². The Morgan fingerprint density at radius 2 is 2.00 bits per heavy atom. The lowest BCUT2D eigenvalue weighted by atomic mass is 10.1. The van der Waals surface area contributed by atoms with E-state index in [2.05, 4.69) is 18.7 Å². The standard InChI is InChI=1S/C15H22FNO/c1-10(2)9-17(13-5-6-13)15-7-4-12(11(3)18)8-14(15)16/h4,7-8,10-11,13,18H,5-6,9H2,1-3H3/t11-/m1/s1. The summed E-state index contributed by atoms with van der Waals surface area (Å²) in [6.45, 7) is 6.84. The van der Waals surface area contributed by atoms with E-state index in [9.17, 15) is 9.50 Å². The molecule has 100 valence electrons. The zero-order valence-corrected chi connectivity index (χ0v) is 11.4. The van der Waals surface area contributed by atoms with Gasteiger partial charge in [-0.05, 0) is 43.4 Å². The van der Waals surface area contributed by atoms with Crippen molar-refractivity contribution in [3.63, 3.8) is 0 Å². The number of hydrogen-bond donors (Lipinski definition) is 1. The molecule has 1 N–H and O–H groups in total. The third-order valence-electron chi connectivity index (χ3n) is 3.31. The van der Waals surface area contributed by atoms with Crippen LogP contribution >= 0.6 is 0 Å². The average molecular weight is 251 g/mol. The van der Waals surface area contributed by atoms with Crippen LogP contribution in [-0.4, -0.2) is 17.7 Å². The van der Waals surface area contributed by atoms with Crippen molar-refractivity contribution in [2.45, 2.75) is 45.8 Å². The Hall–Kier alpha value is -1.09. The second-order valence-electron chi connectivity index (χ2n) is 5.66. The molecule has 1 aliphatic rings. The SMILES string of the molecule is CC(C)CN(c1ccc([C@@H](C)O)cc1F)C1CC1. The van der Waals surface area contributed by atoms with Crippen molar-refractivity contribution in [1.82, 2.24) is 0 Å². The van der Waals surface area contributed by atoms with Gasteiger partial charge in [-0.1, -0.05) is 19.9 Å². The summed E-state index contributed by atoms with van der Waals surface area (Å²) in [5.74, 6) is 0.294. The number of rotatable bonds is 5. The molecular weight excluding hydrogens is 229 g/mol. The molecule has 1 atom stereocenters. The molecule has 1 fully saturated rings. The van der Waals surface area contributed by atoms with Crippen LogP contribution in [0, 0.1) is 11.7 Å². The van der Waals surface area contributed by atoms with Gasteiger partial charge in [-0.3, -0.25) is 0 Å². The van der Waals surface area contributed by atoms with Crippen molar-refractivity contribution in [3.8, 4) is 0 Å². The average Bonchev–Trinajstić information content (AvgIpc) is 3.09. The molecule has 18 heavy (non-hydrogen) atoms. The minimum Gasteiger partial charge on any atom is -0.389 e. The van der Waals surface area contributed by atoms with Gasteiger partial charge in [0, 0.05) is 12.6 Å². The van der Waals surface area contributed by atoms with Crippen LogP contribution in [-0.2, 0) is 0 Å². The lowest BCUT2D eigenvalue weighted by molar-refractivity contribution is 0.199. The van der Waals surface area contributed by atoms with Crippen LogP contribution in [0.2, 0.25) is 0 Å². The van der Waals surface area contributed by atoms with E-state index in [0.29, 0.717) is 23.2 Å². The maximum absolute atomic E-state index is 14.1. The molecule has 1 saturated carbocycles. The van der Waals surface area contributed by atoms with Gasteiger partial charge in [0.25, 0.3) is 0 Å². The number of benzene rings is 1. The van der Waals surface area contributed by atoms with Crippen LogP contribution in [0.3, 0.4) is 0 Å². The van der Waals surface area contributed by atoms with Gasteiger partial charge < -0.3 is 10.0 Å². The molecule has 2 rings (SSSR count). The third kappa shape index (κ3) is 3.02. The van der Waals surface area contributed by atoms with Crippen molar-refractivity contribution in [2.24, 2.45) is 5.92 Å². The molecule has 1 aliphatic carbocycles. The largest absolute Gasteiger partial charge is 0.389 e. The number of halogens is 1. The summed E-state index contributed by atoms with van der Waals surface area (Å²) < 4.78 is 14.1. The van der Waals surface area contributed by atoms with Crippen LogP contribution in [0.1, 0.15) is 45.3 Å². The molecule has 0 unspecified atom stereocenters. The Balaban J connectivity index is 2.24. The summed E-state index contributed by atoms with van der Waals surface area (Å²) in [6, 6.07) is 5.58. The molecule has 0 amide bonds. The lowest BCUT2D eigenvalue weighted by Gasteiger charge is -2.27. The summed E-state index contributed by atoms with van der Waals surface area (Å²) >= 11 is 0. The van der Waals surface area contributed by atoms with E-state index in [0.717, 1.165) is 19.4 Å². The summed E-state index contributed by atoms with van der Waals surface area (Å²) in [4.78, 5) is 2.17. The number of nitrogens with zero attached hydrogens (tertiary/aromatic N) is 1. The maximum atomic E-state index is 14.1. The topological polar surface area (TPSA) is 23.5 Å². The zero-order chi connectivity index (χ0) is 13.3. The van der Waals surface area contributed by atoms with E-state index in [1.165, 1.54) is 6.07 Å². The Morgan fingerprint density at radius 1 is 1.33 bits per heavy atom. The smallest absolute Gasteiger partial charge is 0.146 e. The highest BCUT2D eigenvalue weighted by Gasteiger charge is 2.31. The highest BCUT2D eigenvalue weighted by atomic mass is 19.1. The first-order valence-corrected chi connectivity index (χ1v) is 6.73. The van der Waals surface area contributed by atoms with E-state index in [4.69, 9.17) is 0 Å². The van der Waals surface area contributed by atoms with Crippen LogP contribution in [0.25, 0.3) is 0 Å². The van der Waals surface area contributed by atoms with Gasteiger partial charge in [-0.25, -0.2) is 4.39 Å². The van der Waals surface area contributed by atoms with Gasteiger partial charge in [0.05, 0.1) is 11.8 Å². The highest BCUT2D eigenvalue weighted by molar-refractivity contribution is 5.51. The molecule has 1 aromatic rings. The Labute approximate surface area is 108 Å². The Bertz CT molecular complexity index is 413. The second-order valence-corrected chi connectivity index (χ2v) is 5.66. The highest BCUT2D eigenvalue weighted by Crippen LogP contribution is 2.34. The fraction of sp³-hybridized carbons (Fsp3) is 0.600. The molecule has 0 heterocycles. The lowest BCUT2D eigenvalue weighted by Crippen LogP contribution is -2.30. The van der Waals surface area contributed by atoms with Crippen molar-refractivity contribution in [3.05, 3.63) is 29.6 Å². The minimum absolute atomic E-state index is 0.221. The molecule has 0 aliphatic heterocycles. The molecule has 0 bridgehead atoms. The van der Waals surface area contributed by atoms with E-state index in [1.54, 1.807) is 13.0 Å². The first-order valence-electron chi connectivity index (χ1n) is 6.73. The molecule has 3 heteroatoms. The van der Waals surface area contributed by atoms with Crippen molar-refractivity contribution in [2.75, 3.05) is 11.4 Å². The zero-order valence-electron chi connectivity index (χ0n) is 11.4. The summed E-state index contributed by atoms with van der Waals surface area (Å²) in [5.41, 5.74) is 1.31. The minimum atomic E-state index is -0.618. The predicted molar refractivity (Wildman–Crippen MR) is 72.2 cm³/mol. The van der Waals surface area contributed by atoms with Crippen LogP contribution in [0.5, 0.6) is 0 Å². The number of hydrogen-bond acceptors (Lipinski definition) is 2. The van der Waals surface area contributed by atoms with Gasteiger partial charge in [0.15, 0.2) is 0 Å². The Morgan fingerprint density at radius 3 is 2.44 bits per heavy atom. The summed E-state index contributed by atoms with van der Waals surface area (Å²) in [7, 11) is 0. The van der Waals surface area contributed by atoms with E-state index < -0.39 is 6.10 Å². The monoisotopic (exact) mass is 251 g/mol. The molecule has 0 radical (unpaired) electrons. The quantitative estimate of drug-likeness (QED) is 0.865. The van der Waals surface area contributed by atoms with Crippen molar-refractivity contribution < 1.29 is 9.50 Å². The van der Waals surface area contributed by atoms with Gasteiger partial charge in [0.1, 0.15) is 5.82 Å². The van der Waals surface area contributed by atoms with Crippen LogP contribution < -0.4 is 4.90 Å². The van der Waals surface area contributed by atoms with Gasteiger partial charge in [-0.2, -0.15) is 0 Å². The second kappa shape index (κ2) is 5.27. The van der Waals surface area contributed by atoms with Crippen LogP contribution in [0.4, 0.5) is 10.1 Å². The van der Waals surface area contributed by atoms with Gasteiger partial charge in [-0.15, -0.1) is 0 Å². The fourth-order valence-electron chi connectivity index (χ4n) is 2.24. The van der Waals surface area contributed by atoms with Gasteiger partial charge >= 0.3 is 0 Å². The number of aliphatic hydroxyl groups excluding tert-OH is 1. The summed E-state index contributed by atoms with van der Waals surface area (Å²) in [6.07, 6.45) is 1.70. The predicted octanol–water partition coefficient (Wildman–Crippen LogP) is 3.50. The normalized spacial score (nSPS) is 17.0. The number of aliphatic hydroxyl groups is 1. The molecule has 2 nitrogen and oxygen atoms in total. The first kappa shape index (κ1) is 13.3. The third-order valence-corrected chi connectivity index (χ3v) is 3.31. The maximum Gasteiger partial charge on any atom is 0.146 e. The molecule has 1 aromatic carbocycles. The van der Waals surface area contributed by atoms with E-state index in [1.807, 2.05) is 6.07 Å². The fourth-order valence-corrected chi connectivity index (χ4v) is 2.24. The van der Waals surface area contributed by atoms with E-state index >= 15 is 0 Å².